The molecule has 3 atom stereocenters. The Morgan fingerprint density at radius 1 is 1.00 bits per heavy atom. The number of carbonyl (C=O) groups excluding carboxylic acids is 2. The fraction of sp³-hybridized carbons (Fsp3) is 0.273. The molecule has 1 fully saturated rings. The molecule has 2 amide bonds. The zero-order chi connectivity index (χ0) is 17.9. The lowest BCUT2D eigenvalue weighted by Crippen LogP contribution is -2.51. The van der Waals surface area contributed by atoms with Crippen LogP contribution in [0.15, 0.2) is 72.8 Å². The van der Waals surface area contributed by atoms with Crippen LogP contribution >= 0.6 is 0 Å². The number of nitrogens with zero attached hydrogens (tertiary/aromatic N) is 1. The summed E-state index contributed by atoms with van der Waals surface area (Å²) in [7, 11) is 0. The summed E-state index contributed by atoms with van der Waals surface area (Å²) in [4.78, 5) is 28.0. The van der Waals surface area contributed by atoms with Gasteiger partial charge in [0, 0.05) is 17.9 Å². The van der Waals surface area contributed by atoms with Crippen molar-refractivity contribution in [3.8, 4) is 0 Å². The Balaban J connectivity index is 1.57. The molecule has 26 heavy (non-hydrogen) atoms. The third-order valence-corrected chi connectivity index (χ3v) is 5.35. The molecular weight excluding hydrogens is 324 g/mol. The van der Waals surface area contributed by atoms with Gasteiger partial charge in [-0.2, -0.15) is 0 Å². The molecule has 4 nitrogen and oxygen atoms in total. The van der Waals surface area contributed by atoms with Crippen LogP contribution in [0.25, 0.3) is 0 Å². The van der Waals surface area contributed by atoms with E-state index in [1.807, 2.05) is 65.6 Å². The van der Waals surface area contributed by atoms with E-state index in [9.17, 15) is 9.59 Å². The summed E-state index contributed by atoms with van der Waals surface area (Å²) in [6.45, 7) is 0.696. The molecule has 0 radical (unpaired) electrons. The number of piperidine rings is 1. The quantitative estimate of drug-likeness (QED) is 0.858. The van der Waals surface area contributed by atoms with Gasteiger partial charge in [-0.15, -0.1) is 0 Å². The van der Waals surface area contributed by atoms with Crippen molar-refractivity contribution in [3.05, 3.63) is 72.8 Å². The minimum Gasteiger partial charge on any atom is -0.326 e. The second kappa shape index (κ2) is 7.16. The maximum absolute atomic E-state index is 13.2. The van der Waals surface area contributed by atoms with Gasteiger partial charge in [-0.1, -0.05) is 48.6 Å². The molecule has 4 rings (SSSR count). The van der Waals surface area contributed by atoms with E-state index in [0.717, 1.165) is 17.8 Å². The van der Waals surface area contributed by atoms with E-state index in [4.69, 9.17) is 0 Å². The Kier molecular flexibility index (Phi) is 4.57. The molecule has 132 valence electrons. The molecule has 2 aromatic rings. The van der Waals surface area contributed by atoms with Crippen LogP contribution < -0.4 is 10.2 Å². The molecule has 1 aliphatic heterocycles. The summed E-state index contributed by atoms with van der Waals surface area (Å²) >= 11 is 0. The Labute approximate surface area is 153 Å². The van der Waals surface area contributed by atoms with E-state index in [1.54, 1.807) is 0 Å². The lowest BCUT2D eigenvalue weighted by atomic mass is 9.71. The van der Waals surface area contributed by atoms with Gasteiger partial charge in [-0.3, -0.25) is 9.59 Å². The van der Waals surface area contributed by atoms with Gasteiger partial charge in [0.1, 0.15) is 0 Å². The summed E-state index contributed by atoms with van der Waals surface area (Å²) in [5.41, 5.74) is 1.68. The van der Waals surface area contributed by atoms with Crippen molar-refractivity contribution in [2.45, 2.75) is 12.8 Å². The lowest BCUT2D eigenvalue weighted by molar-refractivity contribution is -0.133. The van der Waals surface area contributed by atoms with E-state index in [2.05, 4.69) is 17.5 Å². The first kappa shape index (κ1) is 16.6. The van der Waals surface area contributed by atoms with Crippen LogP contribution in [-0.4, -0.2) is 18.4 Å². The minimum absolute atomic E-state index is 0.0602. The molecule has 1 N–H and O–H groups in total. The SMILES string of the molecule is O=C(Nc1ccccc1)[C@H]1CC=CC2CCN(c3ccccc3)C(=O)C21. The number of anilines is 2. The largest absolute Gasteiger partial charge is 0.326 e. The van der Waals surface area contributed by atoms with Crippen molar-refractivity contribution in [2.24, 2.45) is 17.8 Å². The van der Waals surface area contributed by atoms with E-state index in [1.165, 1.54) is 0 Å². The van der Waals surface area contributed by atoms with Gasteiger partial charge in [0.25, 0.3) is 0 Å². The number of hydrogen-bond acceptors (Lipinski definition) is 2. The molecule has 0 saturated carbocycles. The van der Waals surface area contributed by atoms with E-state index in [-0.39, 0.29) is 29.6 Å². The summed E-state index contributed by atoms with van der Waals surface area (Å²) in [5.74, 6) is -0.492. The molecule has 0 aromatic heterocycles. The fourth-order valence-corrected chi connectivity index (χ4v) is 4.05. The molecule has 1 aliphatic carbocycles. The molecule has 2 aromatic carbocycles. The zero-order valence-corrected chi connectivity index (χ0v) is 14.5. The van der Waals surface area contributed by atoms with Crippen LogP contribution in [0.5, 0.6) is 0 Å². The molecule has 2 aliphatic rings. The van der Waals surface area contributed by atoms with Crippen LogP contribution in [0.1, 0.15) is 12.8 Å². The first-order chi connectivity index (χ1) is 12.7. The molecular formula is C22H22N2O2. The van der Waals surface area contributed by atoms with Crippen molar-refractivity contribution < 1.29 is 9.59 Å². The van der Waals surface area contributed by atoms with Gasteiger partial charge in [-0.05, 0) is 43.0 Å². The first-order valence-electron chi connectivity index (χ1n) is 9.13. The number of benzene rings is 2. The van der Waals surface area contributed by atoms with Crippen molar-refractivity contribution in [1.82, 2.24) is 0 Å². The first-order valence-corrected chi connectivity index (χ1v) is 9.13. The van der Waals surface area contributed by atoms with Gasteiger partial charge in [0.05, 0.1) is 11.8 Å². The highest BCUT2D eigenvalue weighted by molar-refractivity contribution is 6.02. The van der Waals surface area contributed by atoms with Crippen LogP contribution in [0.3, 0.4) is 0 Å². The van der Waals surface area contributed by atoms with Crippen molar-refractivity contribution in [3.63, 3.8) is 0 Å². The zero-order valence-electron chi connectivity index (χ0n) is 14.5. The highest BCUT2D eigenvalue weighted by Gasteiger charge is 2.44. The summed E-state index contributed by atoms with van der Waals surface area (Å²) in [6.07, 6.45) is 5.67. The second-order valence-corrected chi connectivity index (χ2v) is 6.93. The third kappa shape index (κ3) is 3.15. The maximum atomic E-state index is 13.2. The van der Waals surface area contributed by atoms with Gasteiger partial charge in [-0.25, -0.2) is 0 Å². The number of rotatable bonds is 3. The van der Waals surface area contributed by atoms with Crippen molar-refractivity contribution in [2.75, 3.05) is 16.8 Å². The van der Waals surface area contributed by atoms with Crippen molar-refractivity contribution >= 4 is 23.2 Å². The van der Waals surface area contributed by atoms with E-state index >= 15 is 0 Å². The number of fused-ring (bicyclic) bond motifs is 1. The standard InChI is InChI=1S/C22H22N2O2/c25-21(23-17-9-3-1-4-10-17)19-13-7-8-16-14-15-24(22(26)20(16)19)18-11-5-2-6-12-18/h1-12,16,19-20H,13-15H2,(H,23,25)/t16?,19-,20?/m0/s1. The van der Waals surface area contributed by atoms with Gasteiger partial charge >= 0.3 is 0 Å². The third-order valence-electron chi connectivity index (χ3n) is 5.35. The smallest absolute Gasteiger partial charge is 0.231 e. The number of para-hydroxylation sites is 2. The fourth-order valence-electron chi connectivity index (χ4n) is 4.05. The molecule has 2 unspecified atom stereocenters. The number of carbonyl (C=O) groups is 2. The average molecular weight is 346 g/mol. The van der Waals surface area contributed by atoms with Crippen LogP contribution in [0.4, 0.5) is 11.4 Å². The second-order valence-electron chi connectivity index (χ2n) is 6.93. The van der Waals surface area contributed by atoms with Gasteiger partial charge < -0.3 is 10.2 Å². The average Bonchev–Trinajstić information content (AvgIpc) is 2.69. The topological polar surface area (TPSA) is 49.4 Å². The molecule has 1 heterocycles. The normalized spacial score (nSPS) is 24.8. The predicted octanol–water partition coefficient (Wildman–Crippen LogP) is 3.87. The molecule has 0 spiro atoms. The Morgan fingerprint density at radius 3 is 2.42 bits per heavy atom. The van der Waals surface area contributed by atoms with E-state index < -0.39 is 0 Å². The van der Waals surface area contributed by atoms with E-state index in [0.29, 0.717) is 13.0 Å². The minimum atomic E-state index is -0.329. The number of hydrogen-bond donors (Lipinski definition) is 1. The summed E-state index contributed by atoms with van der Waals surface area (Å²) in [5, 5.41) is 2.98. The number of allylic oxidation sites excluding steroid dienone is 2. The Bertz CT molecular complexity index is 817. The highest BCUT2D eigenvalue weighted by atomic mass is 16.2. The van der Waals surface area contributed by atoms with Gasteiger partial charge in [0.2, 0.25) is 11.8 Å². The molecule has 1 saturated heterocycles. The van der Waals surface area contributed by atoms with Crippen LogP contribution in [-0.2, 0) is 9.59 Å². The highest BCUT2D eigenvalue weighted by Crippen LogP contribution is 2.39. The van der Waals surface area contributed by atoms with Crippen molar-refractivity contribution in [1.29, 1.82) is 0 Å². The summed E-state index contributed by atoms with van der Waals surface area (Å²) < 4.78 is 0. The maximum Gasteiger partial charge on any atom is 0.231 e. The molecule has 4 heteroatoms. The monoisotopic (exact) mass is 346 g/mol. The van der Waals surface area contributed by atoms with Crippen LogP contribution in [0, 0.1) is 17.8 Å². The Morgan fingerprint density at radius 2 is 1.69 bits per heavy atom. The molecule has 0 bridgehead atoms. The number of amides is 2. The van der Waals surface area contributed by atoms with Gasteiger partial charge in [0.15, 0.2) is 0 Å². The number of nitrogens with one attached hydrogen (secondary N) is 1. The lowest BCUT2D eigenvalue weighted by Gasteiger charge is -2.41. The Hall–Kier alpha value is -2.88. The van der Waals surface area contributed by atoms with Crippen LogP contribution in [0.2, 0.25) is 0 Å². The summed E-state index contributed by atoms with van der Waals surface area (Å²) in [6, 6.07) is 19.2. The predicted molar refractivity (Wildman–Crippen MR) is 103 cm³/mol.